The third-order valence-corrected chi connectivity index (χ3v) is 3.94. The first-order valence-corrected chi connectivity index (χ1v) is 7.13. The maximum atomic E-state index is 5.12. The minimum absolute atomic E-state index is 0.500. The van der Waals surface area contributed by atoms with Crippen molar-refractivity contribution >= 4 is 21.7 Å². The summed E-state index contributed by atoms with van der Waals surface area (Å²) in [6, 6.07) is 1.74. The number of nitrogens with one attached hydrogen (secondary N) is 1. The number of rotatable bonds is 4. The Labute approximate surface area is 125 Å². The highest BCUT2D eigenvalue weighted by Crippen LogP contribution is 2.44. The van der Waals surface area contributed by atoms with Gasteiger partial charge in [-0.1, -0.05) is 0 Å². The number of halogens is 1. The Morgan fingerprint density at radius 1 is 1.30 bits per heavy atom. The van der Waals surface area contributed by atoms with Crippen LogP contribution in [0.15, 0.2) is 16.9 Å². The van der Waals surface area contributed by atoms with E-state index in [1.54, 1.807) is 13.2 Å². The number of ether oxygens (including phenoxy) is 1. The van der Waals surface area contributed by atoms with E-state index < -0.39 is 0 Å². The average Bonchev–Trinajstić information content (AvgIpc) is 3.32. The summed E-state index contributed by atoms with van der Waals surface area (Å²) in [5.74, 6) is 2.37. The van der Waals surface area contributed by atoms with E-state index in [0.717, 1.165) is 16.0 Å². The van der Waals surface area contributed by atoms with Gasteiger partial charge in [0.2, 0.25) is 5.88 Å². The van der Waals surface area contributed by atoms with Crippen LogP contribution in [0.3, 0.4) is 0 Å². The van der Waals surface area contributed by atoms with Gasteiger partial charge in [-0.15, -0.1) is 0 Å². The first-order valence-electron chi connectivity index (χ1n) is 6.34. The van der Waals surface area contributed by atoms with Gasteiger partial charge in [0.05, 0.1) is 17.3 Å². The minimum Gasteiger partial charge on any atom is -0.481 e. The van der Waals surface area contributed by atoms with Crippen LogP contribution in [0.25, 0.3) is 11.5 Å². The van der Waals surface area contributed by atoms with Crippen molar-refractivity contribution in [2.75, 3.05) is 19.5 Å². The van der Waals surface area contributed by atoms with Gasteiger partial charge < -0.3 is 10.1 Å². The van der Waals surface area contributed by atoms with E-state index in [0.29, 0.717) is 23.3 Å². The first kappa shape index (κ1) is 13.2. The second-order valence-corrected chi connectivity index (χ2v) is 5.36. The predicted molar refractivity (Wildman–Crippen MR) is 78.8 cm³/mol. The van der Waals surface area contributed by atoms with Crippen LogP contribution in [0.2, 0.25) is 0 Å². The molecule has 1 aliphatic carbocycles. The van der Waals surface area contributed by atoms with Crippen molar-refractivity contribution in [1.29, 1.82) is 0 Å². The second kappa shape index (κ2) is 5.32. The van der Waals surface area contributed by atoms with E-state index in [1.807, 2.05) is 7.05 Å². The molecule has 1 fully saturated rings. The quantitative estimate of drug-likeness (QED) is 0.925. The lowest BCUT2D eigenvalue weighted by Gasteiger charge is -2.10. The zero-order valence-corrected chi connectivity index (χ0v) is 12.8. The van der Waals surface area contributed by atoms with Gasteiger partial charge in [-0.05, 0) is 28.8 Å². The normalized spacial score (nSPS) is 14.2. The van der Waals surface area contributed by atoms with Gasteiger partial charge in [0, 0.05) is 19.0 Å². The molecule has 7 heteroatoms. The molecule has 0 aromatic carbocycles. The zero-order chi connectivity index (χ0) is 14.1. The first-order chi connectivity index (χ1) is 9.72. The van der Waals surface area contributed by atoms with Gasteiger partial charge in [-0.25, -0.2) is 19.9 Å². The highest BCUT2D eigenvalue weighted by molar-refractivity contribution is 9.10. The van der Waals surface area contributed by atoms with Crippen molar-refractivity contribution in [3.05, 3.63) is 22.6 Å². The number of anilines is 1. The molecule has 3 rings (SSSR count). The highest BCUT2D eigenvalue weighted by Gasteiger charge is 2.29. The molecule has 2 aromatic rings. The zero-order valence-electron chi connectivity index (χ0n) is 11.2. The average molecular weight is 336 g/mol. The standard InChI is InChI=1S/C13H14BrN5O/c1-15-13-10(14)11(7-3-4-7)18-12(19-13)8-5-9(20-2)17-6-16-8/h5-7H,3-4H2,1-2H3,(H,15,18,19). The third kappa shape index (κ3) is 2.45. The van der Waals surface area contributed by atoms with E-state index in [9.17, 15) is 0 Å². The number of hydrogen-bond acceptors (Lipinski definition) is 6. The fraction of sp³-hybridized carbons (Fsp3) is 0.385. The summed E-state index contributed by atoms with van der Waals surface area (Å²) in [5, 5.41) is 3.08. The Morgan fingerprint density at radius 3 is 2.75 bits per heavy atom. The van der Waals surface area contributed by atoms with Crippen molar-refractivity contribution in [1.82, 2.24) is 19.9 Å². The van der Waals surface area contributed by atoms with E-state index in [2.05, 4.69) is 41.2 Å². The third-order valence-electron chi connectivity index (χ3n) is 3.16. The predicted octanol–water partition coefficient (Wildman–Crippen LogP) is 2.62. The molecule has 0 saturated heterocycles. The summed E-state index contributed by atoms with van der Waals surface area (Å²) in [6.45, 7) is 0. The van der Waals surface area contributed by atoms with E-state index in [-0.39, 0.29) is 0 Å². The molecule has 2 aromatic heterocycles. The number of hydrogen-bond donors (Lipinski definition) is 1. The molecule has 1 aliphatic rings. The molecule has 104 valence electrons. The summed E-state index contributed by atoms with van der Waals surface area (Å²) in [6.07, 6.45) is 3.80. The van der Waals surface area contributed by atoms with Crippen LogP contribution in [0.4, 0.5) is 5.82 Å². The summed E-state index contributed by atoms with van der Waals surface area (Å²) in [4.78, 5) is 17.4. The monoisotopic (exact) mass is 335 g/mol. The van der Waals surface area contributed by atoms with Crippen molar-refractivity contribution in [2.45, 2.75) is 18.8 Å². The van der Waals surface area contributed by atoms with Crippen LogP contribution in [0.5, 0.6) is 5.88 Å². The Bertz CT molecular complexity index is 645. The molecule has 0 aliphatic heterocycles. The van der Waals surface area contributed by atoms with Crippen LogP contribution in [-0.4, -0.2) is 34.1 Å². The maximum Gasteiger partial charge on any atom is 0.216 e. The molecule has 1 saturated carbocycles. The van der Waals surface area contributed by atoms with E-state index in [4.69, 9.17) is 4.74 Å². The second-order valence-electron chi connectivity index (χ2n) is 4.56. The molecule has 0 radical (unpaired) electrons. The van der Waals surface area contributed by atoms with Gasteiger partial charge in [0.1, 0.15) is 17.8 Å². The highest BCUT2D eigenvalue weighted by atomic mass is 79.9. The van der Waals surface area contributed by atoms with Gasteiger partial charge in [0.25, 0.3) is 0 Å². The van der Waals surface area contributed by atoms with Crippen molar-refractivity contribution in [3.63, 3.8) is 0 Å². The lowest BCUT2D eigenvalue weighted by molar-refractivity contribution is 0.397. The fourth-order valence-electron chi connectivity index (χ4n) is 1.95. The maximum absolute atomic E-state index is 5.12. The Balaban J connectivity index is 2.10. The van der Waals surface area contributed by atoms with Crippen LogP contribution in [-0.2, 0) is 0 Å². The Hall–Kier alpha value is -1.76. The minimum atomic E-state index is 0.500. The molecule has 0 unspecified atom stereocenters. The molecule has 0 bridgehead atoms. The summed E-state index contributed by atoms with van der Waals surface area (Å²) in [7, 11) is 3.41. The van der Waals surface area contributed by atoms with Gasteiger partial charge in [-0.2, -0.15) is 0 Å². The van der Waals surface area contributed by atoms with Crippen LogP contribution >= 0.6 is 15.9 Å². The largest absolute Gasteiger partial charge is 0.481 e. The molecule has 2 heterocycles. The Morgan fingerprint density at radius 2 is 2.10 bits per heavy atom. The molecule has 0 atom stereocenters. The molecule has 6 nitrogen and oxygen atoms in total. The molecular weight excluding hydrogens is 322 g/mol. The molecular formula is C13H14BrN5O. The van der Waals surface area contributed by atoms with Gasteiger partial charge in [-0.3, -0.25) is 0 Å². The van der Waals surface area contributed by atoms with Crippen molar-refractivity contribution < 1.29 is 4.74 Å². The lowest BCUT2D eigenvalue weighted by atomic mass is 10.2. The SMILES string of the molecule is CNc1nc(-c2cc(OC)ncn2)nc(C2CC2)c1Br. The number of methoxy groups -OCH3 is 1. The topological polar surface area (TPSA) is 72.8 Å². The number of nitrogens with zero attached hydrogens (tertiary/aromatic N) is 4. The van der Waals surface area contributed by atoms with Gasteiger partial charge >= 0.3 is 0 Å². The summed E-state index contributed by atoms with van der Waals surface area (Å²) in [5.41, 5.74) is 1.69. The molecule has 0 amide bonds. The van der Waals surface area contributed by atoms with Crippen molar-refractivity contribution in [2.24, 2.45) is 0 Å². The summed E-state index contributed by atoms with van der Waals surface area (Å²) >= 11 is 3.57. The van der Waals surface area contributed by atoms with Crippen LogP contribution in [0.1, 0.15) is 24.5 Å². The lowest BCUT2D eigenvalue weighted by Crippen LogP contribution is -2.03. The Kier molecular flexibility index (Phi) is 3.52. The molecule has 0 spiro atoms. The van der Waals surface area contributed by atoms with E-state index >= 15 is 0 Å². The van der Waals surface area contributed by atoms with Gasteiger partial charge in [0.15, 0.2) is 5.82 Å². The van der Waals surface area contributed by atoms with Crippen LogP contribution < -0.4 is 10.1 Å². The summed E-state index contributed by atoms with van der Waals surface area (Å²) < 4.78 is 6.05. The molecule has 1 N–H and O–H groups in total. The van der Waals surface area contributed by atoms with Crippen LogP contribution in [0, 0.1) is 0 Å². The van der Waals surface area contributed by atoms with E-state index in [1.165, 1.54) is 19.2 Å². The molecule has 20 heavy (non-hydrogen) atoms. The van der Waals surface area contributed by atoms with Crippen molar-refractivity contribution in [3.8, 4) is 17.4 Å². The smallest absolute Gasteiger partial charge is 0.216 e. The number of aromatic nitrogens is 4. The fourth-order valence-corrected chi connectivity index (χ4v) is 2.64.